The molecule has 5 nitrogen and oxygen atoms in total. The molecule has 0 aliphatic carbocycles. The highest BCUT2D eigenvalue weighted by Gasteiger charge is 2.12. The molecule has 0 aliphatic heterocycles. The Morgan fingerprint density at radius 3 is 2.73 bits per heavy atom. The van der Waals surface area contributed by atoms with Crippen LogP contribution in [0.25, 0.3) is 0 Å². The maximum Gasteiger partial charge on any atom is 0.306 e. The van der Waals surface area contributed by atoms with E-state index in [4.69, 9.17) is 15.2 Å². The van der Waals surface area contributed by atoms with Crippen molar-refractivity contribution in [2.24, 2.45) is 5.92 Å². The number of nitrogen functional groups attached to an aromatic ring is 1. The minimum Gasteiger partial charge on any atom is -0.465 e. The van der Waals surface area contributed by atoms with E-state index in [2.05, 4.69) is 18.8 Å². The minimum atomic E-state index is -0.834. The predicted octanol–water partition coefficient (Wildman–Crippen LogP) is 5.98. The van der Waals surface area contributed by atoms with Crippen LogP contribution in [0.5, 0.6) is 11.5 Å². The second-order valence-electron chi connectivity index (χ2n) is 6.93. The van der Waals surface area contributed by atoms with Crippen LogP contribution in [0.4, 0.5) is 14.6 Å². The van der Waals surface area contributed by atoms with Gasteiger partial charge in [0.05, 0.1) is 13.0 Å². The maximum atomic E-state index is 13.8. The smallest absolute Gasteiger partial charge is 0.306 e. The molecule has 0 saturated carbocycles. The van der Waals surface area contributed by atoms with Crippen LogP contribution >= 0.6 is 11.8 Å². The van der Waals surface area contributed by atoms with Crippen LogP contribution in [-0.4, -0.2) is 23.3 Å². The number of carbonyl (C=O) groups excluding carboxylic acids is 1. The van der Waals surface area contributed by atoms with Crippen LogP contribution in [0, 0.1) is 17.6 Å². The molecule has 1 aromatic heterocycles. The first-order valence-corrected chi connectivity index (χ1v) is 11.1. The number of hydrogen-bond acceptors (Lipinski definition) is 6. The molecule has 0 fully saturated rings. The molecule has 1 atom stereocenters. The van der Waals surface area contributed by atoms with Crippen LogP contribution in [0.2, 0.25) is 0 Å². The zero-order valence-electron chi connectivity index (χ0n) is 17.3. The van der Waals surface area contributed by atoms with Gasteiger partial charge in [-0.2, -0.15) is 0 Å². The number of anilines is 1. The van der Waals surface area contributed by atoms with Gasteiger partial charge in [0.2, 0.25) is 0 Å². The number of carbonyl (C=O) groups is 1. The SMILES string of the molecule is CCCCC(CC)COC(=O)CCSc1cnc(N)c(Oc2ccc(F)cc2F)c1. The van der Waals surface area contributed by atoms with E-state index in [0.717, 1.165) is 37.8 Å². The highest BCUT2D eigenvalue weighted by molar-refractivity contribution is 7.99. The molecule has 1 aromatic carbocycles. The molecule has 30 heavy (non-hydrogen) atoms. The number of benzene rings is 1. The standard InChI is InChI=1S/C22H28F2N2O3S/c1-3-5-6-15(4-2)14-28-21(27)9-10-30-17-12-20(22(25)26-13-17)29-19-8-7-16(23)11-18(19)24/h7-8,11-13,15H,3-6,9-10,14H2,1-2H3,(H2,25,26). The van der Waals surface area contributed by atoms with Crippen LogP contribution in [0.3, 0.4) is 0 Å². The summed E-state index contributed by atoms with van der Waals surface area (Å²) in [6, 6.07) is 4.62. The second-order valence-corrected chi connectivity index (χ2v) is 8.10. The van der Waals surface area contributed by atoms with Gasteiger partial charge in [-0.3, -0.25) is 4.79 Å². The molecule has 0 aliphatic rings. The van der Waals surface area contributed by atoms with Crippen molar-refractivity contribution >= 4 is 23.5 Å². The Kier molecular flexibility index (Phi) is 9.86. The van der Waals surface area contributed by atoms with Gasteiger partial charge in [0.25, 0.3) is 0 Å². The van der Waals surface area contributed by atoms with E-state index < -0.39 is 11.6 Å². The van der Waals surface area contributed by atoms with Crippen LogP contribution in [-0.2, 0) is 9.53 Å². The van der Waals surface area contributed by atoms with Gasteiger partial charge in [-0.05, 0) is 30.5 Å². The summed E-state index contributed by atoms with van der Waals surface area (Å²) in [7, 11) is 0. The molecule has 1 unspecified atom stereocenters. The van der Waals surface area contributed by atoms with E-state index in [-0.39, 0.29) is 29.7 Å². The molecule has 2 aromatic rings. The molecular formula is C22H28F2N2O3S. The molecule has 2 N–H and O–H groups in total. The van der Waals surface area contributed by atoms with E-state index in [1.54, 1.807) is 12.3 Å². The Labute approximate surface area is 180 Å². The van der Waals surface area contributed by atoms with Crippen LogP contribution in [0.1, 0.15) is 46.0 Å². The van der Waals surface area contributed by atoms with Crippen molar-refractivity contribution in [2.45, 2.75) is 50.8 Å². The number of ether oxygens (including phenoxy) is 2. The van der Waals surface area contributed by atoms with Gasteiger partial charge in [0.1, 0.15) is 5.82 Å². The lowest BCUT2D eigenvalue weighted by Gasteiger charge is -2.14. The lowest BCUT2D eigenvalue weighted by Crippen LogP contribution is -2.14. The van der Waals surface area contributed by atoms with Gasteiger partial charge in [-0.15, -0.1) is 11.8 Å². The number of unbranched alkanes of at least 4 members (excludes halogenated alkanes) is 1. The molecule has 164 valence electrons. The summed E-state index contributed by atoms with van der Waals surface area (Å²) in [6.07, 6.45) is 6.16. The lowest BCUT2D eigenvalue weighted by atomic mass is 10.0. The first-order chi connectivity index (χ1) is 14.4. The largest absolute Gasteiger partial charge is 0.465 e. The fraction of sp³-hybridized carbons (Fsp3) is 0.455. The Hall–Kier alpha value is -2.35. The predicted molar refractivity (Wildman–Crippen MR) is 115 cm³/mol. The molecule has 2 rings (SSSR count). The Bertz CT molecular complexity index is 836. The number of halogens is 2. The van der Waals surface area contributed by atoms with Gasteiger partial charge < -0.3 is 15.2 Å². The molecule has 0 saturated heterocycles. The number of rotatable bonds is 12. The van der Waals surface area contributed by atoms with E-state index in [0.29, 0.717) is 23.2 Å². The summed E-state index contributed by atoms with van der Waals surface area (Å²) < 4.78 is 37.7. The van der Waals surface area contributed by atoms with Crippen LogP contribution < -0.4 is 10.5 Å². The van der Waals surface area contributed by atoms with Gasteiger partial charge in [-0.1, -0.05) is 33.1 Å². The van der Waals surface area contributed by atoms with Crippen molar-refractivity contribution < 1.29 is 23.0 Å². The Morgan fingerprint density at radius 2 is 2.03 bits per heavy atom. The zero-order valence-corrected chi connectivity index (χ0v) is 18.1. The molecule has 0 bridgehead atoms. The summed E-state index contributed by atoms with van der Waals surface area (Å²) in [5, 5.41) is 0. The third kappa shape index (κ3) is 7.82. The fourth-order valence-electron chi connectivity index (χ4n) is 2.71. The quantitative estimate of drug-likeness (QED) is 0.325. The van der Waals surface area contributed by atoms with E-state index in [1.165, 1.54) is 17.8 Å². The highest BCUT2D eigenvalue weighted by Crippen LogP contribution is 2.32. The van der Waals surface area contributed by atoms with Crippen molar-refractivity contribution in [1.82, 2.24) is 4.98 Å². The fourth-order valence-corrected chi connectivity index (χ4v) is 3.53. The summed E-state index contributed by atoms with van der Waals surface area (Å²) in [6.45, 7) is 4.72. The normalized spacial score (nSPS) is 11.9. The molecular weight excluding hydrogens is 410 g/mol. The van der Waals surface area contributed by atoms with Crippen molar-refractivity contribution in [3.63, 3.8) is 0 Å². The molecule has 1 heterocycles. The molecule has 8 heteroatoms. The average molecular weight is 439 g/mol. The number of pyridine rings is 1. The average Bonchev–Trinajstić information content (AvgIpc) is 2.72. The number of hydrogen-bond donors (Lipinski definition) is 1. The zero-order chi connectivity index (χ0) is 21.9. The molecule has 0 amide bonds. The highest BCUT2D eigenvalue weighted by atomic mass is 32.2. The number of nitrogens with two attached hydrogens (primary N) is 1. The van der Waals surface area contributed by atoms with E-state index in [9.17, 15) is 13.6 Å². The molecule has 0 radical (unpaired) electrons. The van der Waals surface area contributed by atoms with E-state index in [1.807, 2.05) is 0 Å². The Morgan fingerprint density at radius 1 is 1.23 bits per heavy atom. The van der Waals surface area contributed by atoms with Crippen molar-refractivity contribution in [3.8, 4) is 11.5 Å². The van der Waals surface area contributed by atoms with Gasteiger partial charge in [-0.25, -0.2) is 13.8 Å². The van der Waals surface area contributed by atoms with Crippen molar-refractivity contribution in [1.29, 1.82) is 0 Å². The molecule has 0 spiro atoms. The van der Waals surface area contributed by atoms with Crippen LogP contribution in [0.15, 0.2) is 35.4 Å². The van der Waals surface area contributed by atoms with Gasteiger partial charge in [0, 0.05) is 22.9 Å². The topological polar surface area (TPSA) is 74.4 Å². The maximum absolute atomic E-state index is 13.8. The van der Waals surface area contributed by atoms with Gasteiger partial charge >= 0.3 is 5.97 Å². The second kappa shape index (κ2) is 12.4. The van der Waals surface area contributed by atoms with Crippen molar-refractivity contribution in [3.05, 3.63) is 42.1 Å². The summed E-state index contributed by atoms with van der Waals surface area (Å²) in [5.41, 5.74) is 5.79. The minimum absolute atomic E-state index is 0.0835. The first kappa shape index (κ1) is 23.9. The first-order valence-electron chi connectivity index (χ1n) is 10.1. The number of aromatic nitrogens is 1. The Balaban J connectivity index is 1.84. The number of nitrogens with zero attached hydrogens (tertiary/aromatic N) is 1. The van der Waals surface area contributed by atoms with Crippen molar-refractivity contribution in [2.75, 3.05) is 18.1 Å². The third-order valence-electron chi connectivity index (χ3n) is 4.57. The summed E-state index contributed by atoms with van der Waals surface area (Å²) >= 11 is 1.39. The monoisotopic (exact) mass is 438 g/mol. The van der Waals surface area contributed by atoms with E-state index >= 15 is 0 Å². The third-order valence-corrected chi connectivity index (χ3v) is 5.53. The summed E-state index contributed by atoms with van der Waals surface area (Å²) in [5.74, 6) is -0.753. The lowest BCUT2D eigenvalue weighted by molar-refractivity contribution is -0.144. The summed E-state index contributed by atoms with van der Waals surface area (Å²) in [4.78, 5) is 16.7. The van der Waals surface area contributed by atoms with Gasteiger partial charge in [0.15, 0.2) is 23.1 Å². The number of thioether (sulfide) groups is 1. The number of esters is 1.